The fourth-order valence-corrected chi connectivity index (χ4v) is 3.27. The standard InChI is InChI=1S/C20H20N2O2S/c1-15-3-5-17(6-4-15)18-7-9-19(10-8-18)25(23)22-14-16-11-12-21-20(13-16)24-2/h3-13,22H,14H2,1-2H3. The summed E-state index contributed by atoms with van der Waals surface area (Å²) >= 11 is 0. The first kappa shape index (κ1) is 17.3. The minimum absolute atomic E-state index is 0.477. The van der Waals surface area contributed by atoms with Crippen molar-refractivity contribution in [1.29, 1.82) is 0 Å². The Morgan fingerprint density at radius 3 is 2.28 bits per heavy atom. The van der Waals surface area contributed by atoms with Gasteiger partial charge in [0.1, 0.15) is 11.0 Å². The number of aryl methyl sites for hydroxylation is 1. The number of hydrogen-bond donors (Lipinski definition) is 1. The first-order chi connectivity index (χ1) is 12.2. The van der Waals surface area contributed by atoms with Crippen molar-refractivity contribution in [3.63, 3.8) is 0 Å². The predicted octanol–water partition coefficient (Wildman–Crippen LogP) is 3.88. The Labute approximate surface area is 150 Å². The minimum atomic E-state index is -1.27. The highest BCUT2D eigenvalue weighted by Gasteiger charge is 2.05. The second-order valence-corrected chi connectivity index (χ2v) is 6.98. The largest absolute Gasteiger partial charge is 0.481 e. The van der Waals surface area contributed by atoms with Gasteiger partial charge in [-0.1, -0.05) is 42.0 Å². The second kappa shape index (κ2) is 8.05. The van der Waals surface area contributed by atoms with Gasteiger partial charge in [-0.05, 0) is 41.8 Å². The number of nitrogens with zero attached hydrogens (tertiary/aromatic N) is 1. The predicted molar refractivity (Wildman–Crippen MR) is 101 cm³/mol. The van der Waals surface area contributed by atoms with Crippen LogP contribution in [0.1, 0.15) is 11.1 Å². The fraction of sp³-hybridized carbons (Fsp3) is 0.150. The molecule has 0 saturated heterocycles. The van der Waals surface area contributed by atoms with Gasteiger partial charge in [0, 0.05) is 18.8 Å². The van der Waals surface area contributed by atoms with Gasteiger partial charge in [-0.3, -0.25) is 0 Å². The Kier molecular flexibility index (Phi) is 5.58. The summed E-state index contributed by atoms with van der Waals surface area (Å²) in [5.74, 6) is 0.549. The highest BCUT2D eigenvalue weighted by atomic mass is 32.2. The Hall–Kier alpha value is -2.50. The van der Waals surface area contributed by atoms with Gasteiger partial charge in [-0.2, -0.15) is 0 Å². The molecular formula is C20H20N2O2S. The van der Waals surface area contributed by atoms with Crippen LogP contribution in [0.25, 0.3) is 11.1 Å². The van der Waals surface area contributed by atoms with Crippen molar-refractivity contribution in [3.05, 3.63) is 78.0 Å². The number of rotatable bonds is 6. The van der Waals surface area contributed by atoms with Crippen LogP contribution < -0.4 is 9.46 Å². The number of hydrogen-bond acceptors (Lipinski definition) is 3. The molecule has 0 fully saturated rings. The lowest BCUT2D eigenvalue weighted by Gasteiger charge is -2.07. The molecule has 128 valence electrons. The number of aromatic nitrogens is 1. The number of methoxy groups -OCH3 is 1. The molecule has 0 radical (unpaired) electrons. The lowest BCUT2D eigenvalue weighted by molar-refractivity contribution is 0.397. The molecule has 3 aromatic rings. The van der Waals surface area contributed by atoms with E-state index in [1.807, 2.05) is 36.4 Å². The van der Waals surface area contributed by atoms with E-state index in [0.29, 0.717) is 12.4 Å². The van der Waals surface area contributed by atoms with E-state index in [2.05, 4.69) is 40.9 Å². The molecular weight excluding hydrogens is 332 g/mol. The molecule has 0 bridgehead atoms. The molecule has 0 aliphatic rings. The molecule has 1 aromatic heterocycles. The molecule has 0 aliphatic heterocycles. The topological polar surface area (TPSA) is 51.2 Å². The summed E-state index contributed by atoms with van der Waals surface area (Å²) in [6, 6.07) is 19.8. The van der Waals surface area contributed by atoms with Crippen LogP contribution in [0.4, 0.5) is 0 Å². The summed E-state index contributed by atoms with van der Waals surface area (Å²) in [5.41, 5.74) is 4.47. The first-order valence-electron chi connectivity index (χ1n) is 7.97. The van der Waals surface area contributed by atoms with E-state index in [4.69, 9.17) is 4.74 Å². The summed E-state index contributed by atoms with van der Waals surface area (Å²) in [4.78, 5) is 4.81. The van der Waals surface area contributed by atoms with Gasteiger partial charge in [-0.15, -0.1) is 0 Å². The minimum Gasteiger partial charge on any atom is -0.481 e. The highest BCUT2D eigenvalue weighted by Crippen LogP contribution is 2.21. The normalized spacial score (nSPS) is 11.9. The maximum atomic E-state index is 12.4. The van der Waals surface area contributed by atoms with E-state index < -0.39 is 11.0 Å². The number of benzene rings is 2. The number of ether oxygens (including phenoxy) is 1. The van der Waals surface area contributed by atoms with Gasteiger partial charge < -0.3 is 4.74 Å². The molecule has 4 nitrogen and oxygen atoms in total. The van der Waals surface area contributed by atoms with E-state index in [-0.39, 0.29) is 0 Å². The number of pyridine rings is 1. The van der Waals surface area contributed by atoms with Crippen LogP contribution in [0.2, 0.25) is 0 Å². The molecule has 0 spiro atoms. The summed E-state index contributed by atoms with van der Waals surface area (Å²) in [6.45, 7) is 2.55. The highest BCUT2D eigenvalue weighted by molar-refractivity contribution is 7.83. The number of nitrogens with one attached hydrogen (secondary N) is 1. The van der Waals surface area contributed by atoms with E-state index >= 15 is 0 Å². The average molecular weight is 352 g/mol. The van der Waals surface area contributed by atoms with Crippen molar-refractivity contribution in [2.24, 2.45) is 0 Å². The fourth-order valence-electron chi connectivity index (χ4n) is 2.42. The summed E-state index contributed by atoms with van der Waals surface area (Å²) < 4.78 is 20.5. The molecule has 0 saturated carbocycles. The molecule has 1 unspecified atom stereocenters. The smallest absolute Gasteiger partial charge is 0.213 e. The zero-order valence-electron chi connectivity index (χ0n) is 14.2. The van der Waals surface area contributed by atoms with E-state index in [0.717, 1.165) is 21.6 Å². The zero-order valence-corrected chi connectivity index (χ0v) is 15.0. The molecule has 3 rings (SSSR count). The average Bonchev–Trinajstić information content (AvgIpc) is 2.67. The first-order valence-corrected chi connectivity index (χ1v) is 9.12. The van der Waals surface area contributed by atoms with Gasteiger partial charge in [0.25, 0.3) is 0 Å². The molecule has 5 heteroatoms. The Balaban J connectivity index is 1.65. The third kappa shape index (κ3) is 4.53. The van der Waals surface area contributed by atoms with E-state index in [1.54, 1.807) is 13.3 Å². The Bertz CT molecular complexity index is 862. The van der Waals surface area contributed by atoms with Crippen molar-refractivity contribution >= 4 is 11.0 Å². The van der Waals surface area contributed by atoms with E-state index in [9.17, 15) is 4.21 Å². The maximum Gasteiger partial charge on any atom is 0.213 e. The molecule has 0 amide bonds. The van der Waals surface area contributed by atoms with Crippen molar-refractivity contribution in [3.8, 4) is 17.0 Å². The Morgan fingerprint density at radius 1 is 1.00 bits per heavy atom. The molecule has 1 heterocycles. The van der Waals surface area contributed by atoms with Crippen molar-refractivity contribution in [2.45, 2.75) is 18.4 Å². The van der Waals surface area contributed by atoms with Crippen LogP contribution in [-0.4, -0.2) is 16.3 Å². The van der Waals surface area contributed by atoms with Gasteiger partial charge >= 0.3 is 0 Å². The molecule has 1 N–H and O–H groups in total. The molecule has 25 heavy (non-hydrogen) atoms. The zero-order chi connectivity index (χ0) is 17.6. The summed E-state index contributed by atoms with van der Waals surface area (Å²) in [7, 11) is 0.305. The van der Waals surface area contributed by atoms with Crippen LogP contribution >= 0.6 is 0 Å². The van der Waals surface area contributed by atoms with Crippen LogP contribution in [0.15, 0.2) is 71.8 Å². The lowest BCUT2D eigenvalue weighted by atomic mass is 10.0. The van der Waals surface area contributed by atoms with Crippen LogP contribution in [0.5, 0.6) is 5.88 Å². The Morgan fingerprint density at radius 2 is 1.64 bits per heavy atom. The third-order valence-corrected chi connectivity index (χ3v) is 4.98. The summed E-state index contributed by atoms with van der Waals surface area (Å²) in [5, 5.41) is 0. The molecule has 2 aromatic carbocycles. The van der Waals surface area contributed by atoms with Crippen molar-refractivity contribution in [2.75, 3.05) is 7.11 Å². The van der Waals surface area contributed by atoms with Gasteiger partial charge in [0.2, 0.25) is 5.88 Å². The van der Waals surface area contributed by atoms with Crippen LogP contribution in [0, 0.1) is 6.92 Å². The van der Waals surface area contributed by atoms with Gasteiger partial charge in [0.05, 0.1) is 12.0 Å². The lowest BCUT2D eigenvalue weighted by Crippen LogP contribution is -2.16. The van der Waals surface area contributed by atoms with Crippen molar-refractivity contribution < 1.29 is 8.95 Å². The molecule has 1 atom stereocenters. The van der Waals surface area contributed by atoms with Crippen LogP contribution in [0.3, 0.4) is 0 Å². The monoisotopic (exact) mass is 352 g/mol. The molecule has 0 aliphatic carbocycles. The maximum absolute atomic E-state index is 12.4. The SMILES string of the molecule is COc1cc(CNS(=O)c2ccc(-c3ccc(C)cc3)cc2)ccn1. The van der Waals surface area contributed by atoms with Gasteiger partial charge in [0.15, 0.2) is 0 Å². The second-order valence-electron chi connectivity index (χ2n) is 5.69. The van der Waals surface area contributed by atoms with Gasteiger partial charge in [-0.25, -0.2) is 13.9 Å². The quantitative estimate of drug-likeness (QED) is 0.732. The third-order valence-electron chi connectivity index (χ3n) is 3.87. The van der Waals surface area contributed by atoms with E-state index in [1.165, 1.54) is 5.56 Å². The van der Waals surface area contributed by atoms with Crippen LogP contribution in [-0.2, 0) is 17.5 Å². The summed E-state index contributed by atoms with van der Waals surface area (Å²) in [6.07, 6.45) is 1.68. The van der Waals surface area contributed by atoms with Crippen molar-refractivity contribution in [1.82, 2.24) is 9.71 Å².